The third-order valence-corrected chi connectivity index (χ3v) is 6.15. The summed E-state index contributed by atoms with van der Waals surface area (Å²) in [6.45, 7) is 3.43. The first-order valence-electron chi connectivity index (χ1n) is 10.0. The van der Waals surface area contributed by atoms with Crippen molar-refractivity contribution < 1.29 is 27.4 Å². The summed E-state index contributed by atoms with van der Waals surface area (Å²) in [5.74, 6) is 0.746. The molecule has 8 heteroatoms. The monoisotopic (exact) mass is 433 g/mol. The molecule has 1 aliphatic heterocycles. The summed E-state index contributed by atoms with van der Waals surface area (Å²) in [4.78, 5) is 12.0. The van der Waals surface area contributed by atoms with Crippen molar-refractivity contribution in [2.75, 3.05) is 19.8 Å². The standard InChI is InChI=1S/C22H27NO6S/c1-17-6-8-18(9-7-17)16-29-22(24)5-3-2-4-12-23-30(25,26)19-10-11-20-21(15-19)28-14-13-27-20/h6-11,15,23H,2-5,12-14,16H2,1H3. The molecule has 0 saturated heterocycles. The number of carbonyl (C=O) groups is 1. The van der Waals surface area contributed by atoms with Crippen molar-refractivity contribution >= 4 is 16.0 Å². The number of nitrogens with one attached hydrogen (secondary N) is 1. The van der Waals surface area contributed by atoms with E-state index in [0.29, 0.717) is 50.5 Å². The normalized spacial score (nSPS) is 13.1. The van der Waals surface area contributed by atoms with E-state index in [2.05, 4.69) is 4.72 Å². The van der Waals surface area contributed by atoms with Crippen molar-refractivity contribution in [2.45, 2.75) is 44.1 Å². The van der Waals surface area contributed by atoms with E-state index in [4.69, 9.17) is 14.2 Å². The molecule has 0 atom stereocenters. The molecule has 3 rings (SSSR count). The predicted octanol–water partition coefficient (Wildman–Crippen LogP) is 3.35. The van der Waals surface area contributed by atoms with E-state index in [1.807, 2.05) is 31.2 Å². The second-order valence-electron chi connectivity index (χ2n) is 7.16. The van der Waals surface area contributed by atoms with E-state index in [1.165, 1.54) is 12.1 Å². The molecule has 1 N–H and O–H groups in total. The summed E-state index contributed by atoms with van der Waals surface area (Å²) in [5.41, 5.74) is 2.12. The van der Waals surface area contributed by atoms with Crippen LogP contribution in [-0.2, 0) is 26.2 Å². The van der Waals surface area contributed by atoms with Crippen LogP contribution in [0.4, 0.5) is 0 Å². The number of hydrogen-bond donors (Lipinski definition) is 1. The molecule has 0 bridgehead atoms. The maximum atomic E-state index is 12.4. The van der Waals surface area contributed by atoms with Crippen molar-refractivity contribution in [2.24, 2.45) is 0 Å². The first kappa shape index (κ1) is 22.1. The van der Waals surface area contributed by atoms with Crippen molar-refractivity contribution in [1.29, 1.82) is 0 Å². The lowest BCUT2D eigenvalue weighted by Gasteiger charge is -2.18. The Labute approximate surface area is 177 Å². The zero-order valence-corrected chi connectivity index (χ0v) is 17.9. The number of rotatable bonds is 10. The molecule has 162 valence electrons. The van der Waals surface area contributed by atoms with Gasteiger partial charge in [0.25, 0.3) is 0 Å². The molecular weight excluding hydrogens is 406 g/mol. The molecule has 0 aromatic heterocycles. The van der Waals surface area contributed by atoms with E-state index in [0.717, 1.165) is 17.5 Å². The molecule has 0 aliphatic carbocycles. The molecule has 0 amide bonds. The Balaban J connectivity index is 1.32. The molecule has 7 nitrogen and oxygen atoms in total. The van der Waals surface area contributed by atoms with Gasteiger partial charge in [0.05, 0.1) is 4.90 Å². The average molecular weight is 434 g/mol. The number of aryl methyl sites for hydroxylation is 1. The van der Waals surface area contributed by atoms with Crippen LogP contribution < -0.4 is 14.2 Å². The SMILES string of the molecule is Cc1ccc(COC(=O)CCCCCNS(=O)(=O)c2ccc3c(c2)OCCO3)cc1. The van der Waals surface area contributed by atoms with Gasteiger partial charge >= 0.3 is 5.97 Å². The largest absolute Gasteiger partial charge is 0.486 e. The Morgan fingerprint density at radius 3 is 2.50 bits per heavy atom. The van der Waals surface area contributed by atoms with Crippen molar-refractivity contribution in [3.8, 4) is 11.5 Å². The van der Waals surface area contributed by atoms with Gasteiger partial charge in [0, 0.05) is 19.0 Å². The Morgan fingerprint density at radius 2 is 1.73 bits per heavy atom. The third-order valence-electron chi connectivity index (χ3n) is 4.69. The van der Waals surface area contributed by atoms with Gasteiger partial charge in [-0.3, -0.25) is 4.79 Å². The first-order valence-corrected chi connectivity index (χ1v) is 11.5. The topological polar surface area (TPSA) is 90.9 Å². The van der Waals surface area contributed by atoms with Crippen LogP contribution in [0.3, 0.4) is 0 Å². The summed E-state index contributed by atoms with van der Waals surface area (Å²) in [7, 11) is -3.62. The van der Waals surface area contributed by atoms with E-state index in [1.54, 1.807) is 6.07 Å². The van der Waals surface area contributed by atoms with Gasteiger partial charge in [0.15, 0.2) is 11.5 Å². The second kappa shape index (κ2) is 10.4. The second-order valence-corrected chi connectivity index (χ2v) is 8.93. The molecule has 0 radical (unpaired) electrons. The summed E-state index contributed by atoms with van der Waals surface area (Å²) < 4.78 is 43.5. The zero-order valence-electron chi connectivity index (χ0n) is 17.1. The van der Waals surface area contributed by atoms with Crippen LogP contribution in [0, 0.1) is 6.92 Å². The number of sulfonamides is 1. The van der Waals surface area contributed by atoms with Gasteiger partial charge in [-0.2, -0.15) is 0 Å². The molecule has 0 saturated carbocycles. The quantitative estimate of drug-likeness (QED) is 0.456. The van der Waals surface area contributed by atoms with E-state index in [9.17, 15) is 13.2 Å². The van der Waals surface area contributed by atoms with Gasteiger partial charge in [0.1, 0.15) is 19.8 Å². The molecule has 0 fully saturated rings. The summed E-state index contributed by atoms with van der Waals surface area (Å²) >= 11 is 0. The maximum Gasteiger partial charge on any atom is 0.306 e. The van der Waals surface area contributed by atoms with Crippen molar-refractivity contribution in [3.63, 3.8) is 0 Å². The molecule has 1 aliphatic rings. The van der Waals surface area contributed by atoms with Crippen LogP contribution in [-0.4, -0.2) is 34.1 Å². The van der Waals surface area contributed by atoms with Gasteiger partial charge < -0.3 is 14.2 Å². The fourth-order valence-electron chi connectivity index (χ4n) is 2.97. The summed E-state index contributed by atoms with van der Waals surface area (Å²) in [6.07, 6.45) is 2.33. The Kier molecular flexibility index (Phi) is 7.70. The highest BCUT2D eigenvalue weighted by atomic mass is 32.2. The molecular formula is C22H27NO6S. The number of esters is 1. The van der Waals surface area contributed by atoms with Crippen molar-refractivity contribution in [1.82, 2.24) is 4.72 Å². The smallest absolute Gasteiger partial charge is 0.306 e. The Hall–Kier alpha value is -2.58. The van der Waals surface area contributed by atoms with Crippen LogP contribution >= 0.6 is 0 Å². The number of fused-ring (bicyclic) bond motifs is 1. The molecule has 1 heterocycles. The van der Waals surface area contributed by atoms with Crippen LogP contribution in [0.25, 0.3) is 0 Å². The minimum absolute atomic E-state index is 0.145. The van der Waals surface area contributed by atoms with Crippen LogP contribution in [0.2, 0.25) is 0 Å². The third kappa shape index (κ3) is 6.47. The fourth-order valence-corrected chi connectivity index (χ4v) is 4.06. The highest BCUT2D eigenvalue weighted by molar-refractivity contribution is 7.89. The minimum atomic E-state index is -3.62. The molecule has 0 spiro atoms. The summed E-state index contributed by atoms with van der Waals surface area (Å²) in [5, 5.41) is 0. The van der Waals surface area contributed by atoms with Gasteiger partial charge in [-0.1, -0.05) is 36.2 Å². The van der Waals surface area contributed by atoms with Gasteiger partial charge in [-0.05, 0) is 37.5 Å². The van der Waals surface area contributed by atoms with E-state index >= 15 is 0 Å². The first-order chi connectivity index (χ1) is 14.4. The molecule has 0 unspecified atom stereocenters. The maximum absolute atomic E-state index is 12.4. The molecule has 2 aromatic carbocycles. The Bertz CT molecular complexity index is 956. The molecule has 2 aromatic rings. The lowest BCUT2D eigenvalue weighted by Crippen LogP contribution is -2.25. The fraction of sp³-hybridized carbons (Fsp3) is 0.409. The lowest BCUT2D eigenvalue weighted by molar-refractivity contribution is -0.145. The van der Waals surface area contributed by atoms with Gasteiger partial charge in [-0.25, -0.2) is 13.1 Å². The number of hydrogen-bond acceptors (Lipinski definition) is 6. The highest BCUT2D eigenvalue weighted by Gasteiger charge is 2.18. The minimum Gasteiger partial charge on any atom is -0.486 e. The number of ether oxygens (including phenoxy) is 3. The zero-order chi connectivity index (χ0) is 21.4. The summed E-state index contributed by atoms with van der Waals surface area (Å²) in [6, 6.07) is 12.4. The Morgan fingerprint density at radius 1 is 1.00 bits per heavy atom. The number of carbonyl (C=O) groups excluding carboxylic acids is 1. The van der Waals surface area contributed by atoms with Crippen LogP contribution in [0.1, 0.15) is 36.8 Å². The number of benzene rings is 2. The highest BCUT2D eigenvalue weighted by Crippen LogP contribution is 2.32. The van der Waals surface area contributed by atoms with E-state index in [-0.39, 0.29) is 17.5 Å². The van der Waals surface area contributed by atoms with Crippen molar-refractivity contribution in [3.05, 3.63) is 53.6 Å². The van der Waals surface area contributed by atoms with Gasteiger partial charge in [-0.15, -0.1) is 0 Å². The van der Waals surface area contributed by atoms with E-state index < -0.39 is 10.0 Å². The number of unbranched alkanes of at least 4 members (excludes halogenated alkanes) is 2. The average Bonchev–Trinajstić information content (AvgIpc) is 2.75. The van der Waals surface area contributed by atoms with Crippen LogP contribution in [0.15, 0.2) is 47.4 Å². The van der Waals surface area contributed by atoms with Gasteiger partial charge in [0.2, 0.25) is 10.0 Å². The molecule has 30 heavy (non-hydrogen) atoms. The lowest BCUT2D eigenvalue weighted by atomic mass is 10.2. The van der Waals surface area contributed by atoms with Crippen LogP contribution in [0.5, 0.6) is 11.5 Å². The predicted molar refractivity (Wildman–Crippen MR) is 112 cm³/mol.